The molecule has 0 aliphatic heterocycles. The molecule has 0 rings (SSSR count). The average molecular weight is 257 g/mol. The van der Waals surface area contributed by atoms with Gasteiger partial charge in [0.1, 0.15) is 0 Å². The van der Waals surface area contributed by atoms with Gasteiger partial charge in [-0.3, -0.25) is 9.59 Å². The number of amides is 2. The number of unbranched alkanes of at least 4 members (excludes halogenated alkanes) is 1. The van der Waals surface area contributed by atoms with Crippen LogP contribution in [0.3, 0.4) is 0 Å². The zero-order valence-corrected chi connectivity index (χ0v) is 11.6. The summed E-state index contributed by atoms with van der Waals surface area (Å²) in [5.41, 5.74) is 10.7. The van der Waals surface area contributed by atoms with E-state index in [0.29, 0.717) is 31.8 Å². The van der Waals surface area contributed by atoms with Gasteiger partial charge in [-0.25, -0.2) is 0 Å². The molecule has 0 spiro atoms. The van der Waals surface area contributed by atoms with Crippen LogP contribution in [0, 0.1) is 11.8 Å². The van der Waals surface area contributed by atoms with Crippen LogP contribution in [-0.4, -0.2) is 24.9 Å². The molecule has 106 valence electrons. The maximum absolute atomic E-state index is 11.6. The Balaban J connectivity index is 3.65. The van der Waals surface area contributed by atoms with E-state index >= 15 is 0 Å². The smallest absolute Gasteiger partial charge is 0.220 e. The van der Waals surface area contributed by atoms with Crippen molar-refractivity contribution in [3.8, 4) is 0 Å². The molecule has 0 unspecified atom stereocenters. The Bertz CT molecular complexity index is 255. The van der Waals surface area contributed by atoms with Crippen molar-refractivity contribution in [3.63, 3.8) is 0 Å². The third-order valence-electron chi connectivity index (χ3n) is 2.78. The van der Waals surface area contributed by atoms with Gasteiger partial charge in [-0.1, -0.05) is 13.8 Å². The summed E-state index contributed by atoms with van der Waals surface area (Å²) in [5, 5.41) is 2.85. The van der Waals surface area contributed by atoms with E-state index in [1.807, 2.05) is 0 Å². The first-order chi connectivity index (χ1) is 8.45. The highest BCUT2D eigenvalue weighted by atomic mass is 16.1. The van der Waals surface area contributed by atoms with Crippen molar-refractivity contribution >= 4 is 11.8 Å². The molecule has 5 heteroatoms. The predicted octanol–water partition coefficient (Wildman–Crippen LogP) is 0.769. The quantitative estimate of drug-likeness (QED) is 0.504. The summed E-state index contributed by atoms with van der Waals surface area (Å²) >= 11 is 0. The van der Waals surface area contributed by atoms with E-state index in [2.05, 4.69) is 19.2 Å². The van der Waals surface area contributed by atoms with E-state index in [9.17, 15) is 9.59 Å². The van der Waals surface area contributed by atoms with E-state index in [-0.39, 0.29) is 17.7 Å². The first kappa shape index (κ1) is 16.9. The molecule has 5 nitrogen and oxygen atoms in total. The van der Waals surface area contributed by atoms with Gasteiger partial charge in [-0.15, -0.1) is 0 Å². The maximum Gasteiger partial charge on any atom is 0.220 e. The van der Waals surface area contributed by atoms with Crippen molar-refractivity contribution in [2.75, 3.05) is 13.1 Å². The van der Waals surface area contributed by atoms with Gasteiger partial charge in [0.05, 0.1) is 0 Å². The predicted molar refractivity (Wildman–Crippen MR) is 72.7 cm³/mol. The standard InChI is InChI=1S/C13H27N3O2/c1-10(2)7-11(9-14)8-13(18)16-6-4-3-5-12(15)17/h10-11H,3-9,14H2,1-2H3,(H2,15,17)(H,16,18)/t11-/m0/s1. The zero-order chi connectivity index (χ0) is 14.0. The van der Waals surface area contributed by atoms with Gasteiger partial charge >= 0.3 is 0 Å². The van der Waals surface area contributed by atoms with Crippen LogP contribution < -0.4 is 16.8 Å². The summed E-state index contributed by atoms with van der Waals surface area (Å²) in [7, 11) is 0. The Morgan fingerprint density at radius 3 is 2.39 bits per heavy atom. The summed E-state index contributed by atoms with van der Waals surface area (Å²) in [5.74, 6) is 0.573. The Kier molecular flexibility index (Phi) is 9.28. The lowest BCUT2D eigenvalue weighted by molar-refractivity contribution is -0.122. The van der Waals surface area contributed by atoms with Gasteiger partial charge in [0, 0.05) is 19.4 Å². The summed E-state index contributed by atoms with van der Waals surface area (Å²) in [6.45, 7) is 5.41. The van der Waals surface area contributed by atoms with Crippen LogP contribution in [0.15, 0.2) is 0 Å². The lowest BCUT2D eigenvalue weighted by Gasteiger charge is -2.16. The summed E-state index contributed by atoms with van der Waals surface area (Å²) in [6, 6.07) is 0. The third-order valence-corrected chi connectivity index (χ3v) is 2.78. The maximum atomic E-state index is 11.6. The lowest BCUT2D eigenvalue weighted by Crippen LogP contribution is -2.29. The molecule has 0 bridgehead atoms. The first-order valence-corrected chi connectivity index (χ1v) is 6.70. The molecule has 1 atom stereocenters. The van der Waals surface area contributed by atoms with Crippen LogP contribution in [0.25, 0.3) is 0 Å². The lowest BCUT2D eigenvalue weighted by atomic mass is 9.94. The van der Waals surface area contributed by atoms with Gasteiger partial charge in [-0.05, 0) is 37.6 Å². The molecule has 0 aromatic rings. The molecule has 0 aromatic heterocycles. The second-order valence-electron chi connectivity index (χ2n) is 5.21. The Morgan fingerprint density at radius 2 is 1.89 bits per heavy atom. The second kappa shape index (κ2) is 9.88. The topological polar surface area (TPSA) is 98.2 Å². The normalized spacial score (nSPS) is 12.4. The highest BCUT2D eigenvalue weighted by Gasteiger charge is 2.13. The number of hydrogen-bond acceptors (Lipinski definition) is 3. The fourth-order valence-electron chi connectivity index (χ4n) is 1.92. The molecule has 0 fully saturated rings. The number of rotatable bonds is 10. The van der Waals surface area contributed by atoms with E-state index < -0.39 is 0 Å². The minimum atomic E-state index is -0.290. The first-order valence-electron chi connectivity index (χ1n) is 6.70. The molecular formula is C13H27N3O2. The minimum Gasteiger partial charge on any atom is -0.370 e. The van der Waals surface area contributed by atoms with E-state index in [1.165, 1.54) is 0 Å². The molecule has 0 saturated heterocycles. The second-order valence-corrected chi connectivity index (χ2v) is 5.21. The van der Waals surface area contributed by atoms with Crippen LogP contribution in [-0.2, 0) is 9.59 Å². The molecule has 0 radical (unpaired) electrons. The summed E-state index contributed by atoms with van der Waals surface area (Å²) in [4.78, 5) is 22.1. The third kappa shape index (κ3) is 10.1. The number of carbonyl (C=O) groups is 2. The van der Waals surface area contributed by atoms with Crippen molar-refractivity contribution in [2.24, 2.45) is 23.3 Å². The molecule has 0 saturated carbocycles. The van der Waals surface area contributed by atoms with Gasteiger partial charge in [0.2, 0.25) is 11.8 Å². The van der Waals surface area contributed by atoms with Crippen LogP contribution in [0.1, 0.15) is 46.0 Å². The molecule has 0 aliphatic rings. The van der Waals surface area contributed by atoms with E-state index in [4.69, 9.17) is 11.5 Å². The monoisotopic (exact) mass is 257 g/mol. The Labute approximate surface area is 110 Å². The molecule has 18 heavy (non-hydrogen) atoms. The van der Waals surface area contributed by atoms with Crippen molar-refractivity contribution < 1.29 is 9.59 Å². The Hall–Kier alpha value is -1.10. The number of nitrogens with one attached hydrogen (secondary N) is 1. The van der Waals surface area contributed by atoms with Crippen LogP contribution in [0.5, 0.6) is 0 Å². The molecular weight excluding hydrogens is 230 g/mol. The molecule has 0 heterocycles. The zero-order valence-electron chi connectivity index (χ0n) is 11.6. The fraction of sp³-hybridized carbons (Fsp3) is 0.846. The van der Waals surface area contributed by atoms with Crippen molar-refractivity contribution in [3.05, 3.63) is 0 Å². The molecule has 5 N–H and O–H groups in total. The van der Waals surface area contributed by atoms with E-state index in [0.717, 1.165) is 19.3 Å². The van der Waals surface area contributed by atoms with Gasteiger partial charge in [0.25, 0.3) is 0 Å². The number of primary amides is 1. The van der Waals surface area contributed by atoms with Gasteiger partial charge in [-0.2, -0.15) is 0 Å². The number of hydrogen-bond donors (Lipinski definition) is 3. The highest BCUT2D eigenvalue weighted by molar-refractivity contribution is 5.76. The average Bonchev–Trinajstić information content (AvgIpc) is 2.26. The number of nitrogens with two attached hydrogens (primary N) is 2. The minimum absolute atomic E-state index is 0.0465. The summed E-state index contributed by atoms with van der Waals surface area (Å²) < 4.78 is 0. The molecule has 0 aromatic carbocycles. The van der Waals surface area contributed by atoms with Gasteiger partial charge in [0.15, 0.2) is 0 Å². The number of carbonyl (C=O) groups excluding carboxylic acids is 2. The van der Waals surface area contributed by atoms with Crippen LogP contribution >= 0.6 is 0 Å². The Morgan fingerprint density at radius 1 is 1.22 bits per heavy atom. The van der Waals surface area contributed by atoms with E-state index in [1.54, 1.807) is 0 Å². The van der Waals surface area contributed by atoms with Crippen molar-refractivity contribution in [2.45, 2.75) is 46.0 Å². The van der Waals surface area contributed by atoms with Crippen molar-refractivity contribution in [1.29, 1.82) is 0 Å². The van der Waals surface area contributed by atoms with Crippen molar-refractivity contribution in [1.82, 2.24) is 5.32 Å². The molecule has 2 amide bonds. The SMILES string of the molecule is CC(C)C[C@H](CN)CC(=O)NCCCCC(N)=O. The van der Waals surface area contributed by atoms with Gasteiger partial charge < -0.3 is 16.8 Å². The van der Waals surface area contributed by atoms with Crippen LogP contribution in [0.2, 0.25) is 0 Å². The highest BCUT2D eigenvalue weighted by Crippen LogP contribution is 2.13. The fourth-order valence-corrected chi connectivity index (χ4v) is 1.92. The molecule has 0 aliphatic carbocycles. The van der Waals surface area contributed by atoms with Crippen LogP contribution in [0.4, 0.5) is 0 Å². The summed E-state index contributed by atoms with van der Waals surface area (Å²) in [6.07, 6.45) is 3.36. The largest absolute Gasteiger partial charge is 0.370 e.